The highest BCUT2D eigenvalue weighted by atomic mass is 79.9. The molecule has 0 spiro atoms. The zero-order valence-electron chi connectivity index (χ0n) is 14.7. The van der Waals surface area contributed by atoms with Crippen LogP contribution in [0.15, 0.2) is 68.5 Å². The minimum Gasteiger partial charge on any atom is -0.506 e. The smallest absolute Gasteiger partial charge is 0.227 e. The molecule has 0 saturated heterocycles. The highest BCUT2D eigenvalue weighted by Crippen LogP contribution is 2.31. The van der Waals surface area contributed by atoms with E-state index in [1.165, 1.54) is 0 Å². The fraction of sp³-hybridized carbons (Fsp3) is 0.0476. The Labute approximate surface area is 174 Å². The molecular weight excluding hydrogens is 444 g/mol. The summed E-state index contributed by atoms with van der Waals surface area (Å²) < 4.78 is 11.5. The number of phenols is 1. The minimum atomic E-state index is 0.0810. The highest BCUT2D eigenvalue weighted by Gasteiger charge is 2.09. The van der Waals surface area contributed by atoms with Gasteiger partial charge in [0.1, 0.15) is 17.0 Å². The van der Waals surface area contributed by atoms with E-state index in [4.69, 9.17) is 20.8 Å². The van der Waals surface area contributed by atoms with E-state index in [9.17, 15) is 5.11 Å². The van der Waals surface area contributed by atoms with Gasteiger partial charge >= 0.3 is 0 Å². The number of ether oxygens (including phenoxy) is 1. The third-order valence-corrected chi connectivity index (χ3v) is 4.94. The number of hydrogen-bond donors (Lipinski definition) is 1. The van der Waals surface area contributed by atoms with Crippen molar-refractivity contribution < 1.29 is 14.3 Å². The molecule has 0 aliphatic rings. The number of aliphatic imine (C=N–C) groups is 1. The average Bonchev–Trinajstić information content (AvgIpc) is 3.13. The molecule has 140 valence electrons. The molecule has 7 heteroatoms. The maximum absolute atomic E-state index is 10.1. The van der Waals surface area contributed by atoms with Crippen molar-refractivity contribution in [3.63, 3.8) is 0 Å². The number of methoxy groups -OCH3 is 1. The summed E-state index contributed by atoms with van der Waals surface area (Å²) in [4.78, 5) is 8.95. The molecular formula is C21H14BrClN2O3. The number of benzene rings is 3. The largest absolute Gasteiger partial charge is 0.506 e. The van der Waals surface area contributed by atoms with Crippen LogP contribution in [0.4, 0.5) is 5.69 Å². The Kier molecular flexibility index (Phi) is 5.07. The van der Waals surface area contributed by atoms with Crippen LogP contribution in [0.5, 0.6) is 11.5 Å². The first kappa shape index (κ1) is 18.5. The van der Waals surface area contributed by atoms with E-state index < -0.39 is 0 Å². The molecule has 0 fully saturated rings. The lowest BCUT2D eigenvalue weighted by molar-refractivity contribution is 0.415. The van der Waals surface area contributed by atoms with Crippen molar-refractivity contribution in [3.05, 3.63) is 69.7 Å². The molecule has 4 aromatic rings. The van der Waals surface area contributed by atoms with Gasteiger partial charge in [-0.3, -0.25) is 4.99 Å². The van der Waals surface area contributed by atoms with E-state index in [1.807, 2.05) is 42.5 Å². The van der Waals surface area contributed by atoms with Gasteiger partial charge in [0.15, 0.2) is 5.58 Å². The number of oxazole rings is 1. The molecule has 1 heterocycles. The van der Waals surface area contributed by atoms with Crippen LogP contribution >= 0.6 is 27.5 Å². The standard InChI is InChI=1S/C21H14BrClN2O3/c1-27-16-5-2-12(3-6-16)21-25-18-10-15(4-7-19(18)28-21)24-11-13-8-14(23)9-17(22)20(13)26/h2-11,26H,1H3. The van der Waals surface area contributed by atoms with Gasteiger partial charge < -0.3 is 14.3 Å². The summed E-state index contributed by atoms with van der Waals surface area (Å²) in [5.41, 5.74) is 3.40. The second-order valence-corrected chi connectivity index (χ2v) is 7.27. The minimum absolute atomic E-state index is 0.0810. The van der Waals surface area contributed by atoms with Crippen molar-refractivity contribution >= 4 is 50.5 Å². The van der Waals surface area contributed by atoms with Gasteiger partial charge in [0.25, 0.3) is 0 Å². The van der Waals surface area contributed by atoms with Crippen LogP contribution in [0.2, 0.25) is 5.02 Å². The van der Waals surface area contributed by atoms with Gasteiger partial charge in [-0.1, -0.05) is 11.6 Å². The molecule has 0 atom stereocenters. The van der Waals surface area contributed by atoms with Gasteiger partial charge in [0.2, 0.25) is 5.89 Å². The zero-order chi connectivity index (χ0) is 19.7. The molecule has 0 unspecified atom stereocenters. The second kappa shape index (κ2) is 7.66. The van der Waals surface area contributed by atoms with Crippen LogP contribution in [0.25, 0.3) is 22.6 Å². The number of nitrogens with zero attached hydrogens (tertiary/aromatic N) is 2. The molecule has 1 N–H and O–H groups in total. The Bertz CT molecular complexity index is 1190. The molecule has 4 rings (SSSR count). The summed E-state index contributed by atoms with van der Waals surface area (Å²) in [6, 6.07) is 16.2. The number of aromatic hydroxyl groups is 1. The van der Waals surface area contributed by atoms with Gasteiger partial charge in [0.05, 0.1) is 17.3 Å². The van der Waals surface area contributed by atoms with Gasteiger partial charge in [-0.05, 0) is 70.5 Å². The van der Waals surface area contributed by atoms with Gasteiger partial charge in [-0.25, -0.2) is 4.98 Å². The number of halogens is 2. The van der Waals surface area contributed by atoms with Crippen LogP contribution < -0.4 is 4.74 Å². The normalized spacial score (nSPS) is 11.4. The lowest BCUT2D eigenvalue weighted by Crippen LogP contribution is -1.84. The molecule has 0 aliphatic carbocycles. The number of fused-ring (bicyclic) bond motifs is 1. The van der Waals surface area contributed by atoms with Crippen LogP contribution in [0.1, 0.15) is 5.56 Å². The number of hydrogen-bond acceptors (Lipinski definition) is 5. The van der Waals surface area contributed by atoms with E-state index in [1.54, 1.807) is 25.5 Å². The highest BCUT2D eigenvalue weighted by molar-refractivity contribution is 9.10. The van der Waals surface area contributed by atoms with Crippen molar-refractivity contribution in [3.8, 4) is 23.0 Å². The molecule has 0 amide bonds. The lowest BCUT2D eigenvalue weighted by atomic mass is 10.2. The first-order chi connectivity index (χ1) is 13.5. The van der Waals surface area contributed by atoms with Crippen LogP contribution in [0, 0.1) is 0 Å². The summed E-state index contributed by atoms with van der Waals surface area (Å²) in [6.45, 7) is 0. The van der Waals surface area contributed by atoms with Gasteiger partial charge in [-0.15, -0.1) is 0 Å². The van der Waals surface area contributed by atoms with Crippen molar-refractivity contribution in [1.82, 2.24) is 4.98 Å². The van der Waals surface area contributed by atoms with E-state index in [0.717, 1.165) is 11.3 Å². The van der Waals surface area contributed by atoms with E-state index >= 15 is 0 Å². The van der Waals surface area contributed by atoms with Crippen LogP contribution in [0.3, 0.4) is 0 Å². The SMILES string of the molecule is COc1ccc(-c2nc3cc(N=Cc4cc(Cl)cc(Br)c4O)ccc3o2)cc1. The maximum Gasteiger partial charge on any atom is 0.227 e. The van der Waals surface area contributed by atoms with E-state index in [2.05, 4.69) is 25.9 Å². The van der Waals surface area contributed by atoms with Crippen LogP contribution in [-0.4, -0.2) is 23.4 Å². The van der Waals surface area contributed by atoms with Crippen molar-refractivity contribution in [2.45, 2.75) is 0 Å². The summed E-state index contributed by atoms with van der Waals surface area (Å²) >= 11 is 9.29. The molecule has 3 aromatic carbocycles. The monoisotopic (exact) mass is 456 g/mol. The first-order valence-electron chi connectivity index (χ1n) is 8.30. The molecule has 0 saturated carbocycles. The fourth-order valence-electron chi connectivity index (χ4n) is 2.68. The number of aromatic nitrogens is 1. The molecule has 28 heavy (non-hydrogen) atoms. The van der Waals surface area contributed by atoms with Gasteiger partial charge in [0, 0.05) is 22.4 Å². The Morgan fingerprint density at radius 2 is 1.93 bits per heavy atom. The Balaban J connectivity index is 1.65. The van der Waals surface area contributed by atoms with Gasteiger partial charge in [-0.2, -0.15) is 0 Å². The summed E-state index contributed by atoms with van der Waals surface area (Å²) in [5, 5.41) is 10.6. The van der Waals surface area contributed by atoms with Crippen molar-refractivity contribution in [2.24, 2.45) is 4.99 Å². The summed E-state index contributed by atoms with van der Waals surface area (Å²) in [6.07, 6.45) is 1.55. The van der Waals surface area contributed by atoms with Crippen molar-refractivity contribution in [1.29, 1.82) is 0 Å². The summed E-state index contributed by atoms with van der Waals surface area (Å²) in [7, 11) is 1.62. The first-order valence-corrected chi connectivity index (χ1v) is 9.47. The van der Waals surface area contributed by atoms with E-state index in [-0.39, 0.29) is 5.75 Å². The molecule has 5 nitrogen and oxygen atoms in total. The second-order valence-electron chi connectivity index (χ2n) is 5.98. The van der Waals surface area contributed by atoms with E-state index in [0.29, 0.717) is 37.7 Å². The molecule has 1 aromatic heterocycles. The number of rotatable bonds is 4. The maximum atomic E-state index is 10.1. The number of phenolic OH excluding ortho intramolecular Hbond substituents is 1. The topological polar surface area (TPSA) is 67.9 Å². The predicted octanol–water partition coefficient (Wildman–Crippen LogP) is 6.38. The predicted molar refractivity (Wildman–Crippen MR) is 114 cm³/mol. The quantitative estimate of drug-likeness (QED) is 0.361. The van der Waals surface area contributed by atoms with Crippen molar-refractivity contribution in [2.75, 3.05) is 7.11 Å². The lowest BCUT2D eigenvalue weighted by Gasteiger charge is -2.02. The molecule has 0 bridgehead atoms. The third-order valence-electron chi connectivity index (χ3n) is 4.12. The third kappa shape index (κ3) is 3.74. The Morgan fingerprint density at radius 1 is 1.14 bits per heavy atom. The fourth-order valence-corrected chi connectivity index (χ4v) is 3.52. The molecule has 0 radical (unpaired) electrons. The Hall–Kier alpha value is -2.83. The Morgan fingerprint density at radius 3 is 2.68 bits per heavy atom. The van der Waals surface area contributed by atoms with Crippen LogP contribution in [-0.2, 0) is 0 Å². The summed E-state index contributed by atoms with van der Waals surface area (Å²) in [5.74, 6) is 1.38. The zero-order valence-corrected chi connectivity index (χ0v) is 17.0. The average molecular weight is 458 g/mol. The molecule has 0 aliphatic heterocycles.